The van der Waals surface area contributed by atoms with Crippen LogP contribution in [-0.4, -0.2) is 14.9 Å². The van der Waals surface area contributed by atoms with Crippen LogP contribution in [-0.2, 0) is 6.54 Å². The van der Waals surface area contributed by atoms with E-state index in [-0.39, 0.29) is 6.04 Å². The first-order valence-corrected chi connectivity index (χ1v) is 8.07. The second kappa shape index (κ2) is 7.11. The predicted molar refractivity (Wildman–Crippen MR) is 96.6 cm³/mol. The lowest BCUT2D eigenvalue weighted by Crippen LogP contribution is -2.31. The van der Waals surface area contributed by atoms with Crippen LogP contribution in [0.5, 0.6) is 0 Å². The Bertz CT molecular complexity index is 681. The predicted octanol–water partition coefficient (Wildman–Crippen LogP) is 4.22. The largest absolute Gasteiger partial charge is 0.356 e. The van der Waals surface area contributed by atoms with Crippen molar-refractivity contribution in [2.45, 2.75) is 40.3 Å². The van der Waals surface area contributed by atoms with Crippen molar-refractivity contribution in [2.75, 3.05) is 5.32 Å². The van der Waals surface area contributed by atoms with E-state index in [4.69, 9.17) is 23.8 Å². The summed E-state index contributed by atoms with van der Waals surface area (Å²) >= 11 is 11.5. The number of aromatic nitrogens is 2. The van der Waals surface area contributed by atoms with Crippen LogP contribution < -0.4 is 10.6 Å². The van der Waals surface area contributed by atoms with Crippen LogP contribution in [0.2, 0.25) is 5.02 Å². The first-order chi connectivity index (χ1) is 10.4. The Hall–Kier alpha value is -1.59. The lowest BCUT2D eigenvalue weighted by Gasteiger charge is -2.17. The molecule has 2 aromatic rings. The zero-order valence-corrected chi connectivity index (χ0v) is 14.8. The van der Waals surface area contributed by atoms with Gasteiger partial charge in [0.2, 0.25) is 0 Å². The van der Waals surface area contributed by atoms with Gasteiger partial charge in [-0.1, -0.05) is 17.7 Å². The SMILES string of the molecule is CCn1cc(C(C)NC(=S)Nc2ccc(C)c(Cl)c2)c(C)n1. The Labute approximate surface area is 141 Å². The molecule has 1 heterocycles. The number of nitrogens with one attached hydrogen (secondary N) is 2. The first-order valence-electron chi connectivity index (χ1n) is 7.28. The number of aryl methyl sites for hydroxylation is 3. The van der Waals surface area contributed by atoms with E-state index in [2.05, 4.69) is 35.8 Å². The number of anilines is 1. The Morgan fingerprint density at radius 1 is 1.41 bits per heavy atom. The number of nitrogens with zero attached hydrogens (tertiary/aromatic N) is 2. The molecule has 0 aliphatic carbocycles. The minimum atomic E-state index is 0.0845. The molecule has 0 bridgehead atoms. The normalized spacial score (nSPS) is 12.0. The van der Waals surface area contributed by atoms with E-state index in [0.29, 0.717) is 5.11 Å². The minimum absolute atomic E-state index is 0.0845. The summed E-state index contributed by atoms with van der Waals surface area (Å²) in [7, 11) is 0. The van der Waals surface area contributed by atoms with Crippen LogP contribution in [0.25, 0.3) is 0 Å². The van der Waals surface area contributed by atoms with E-state index < -0.39 is 0 Å². The average molecular weight is 337 g/mol. The number of halogens is 1. The van der Waals surface area contributed by atoms with Gasteiger partial charge in [-0.05, 0) is 57.6 Å². The molecule has 0 radical (unpaired) electrons. The van der Waals surface area contributed by atoms with Crippen LogP contribution in [0.1, 0.15) is 36.7 Å². The van der Waals surface area contributed by atoms with Crippen LogP contribution >= 0.6 is 23.8 Å². The van der Waals surface area contributed by atoms with Crippen molar-refractivity contribution >= 4 is 34.6 Å². The van der Waals surface area contributed by atoms with Crippen LogP contribution in [0.15, 0.2) is 24.4 Å². The third-order valence-electron chi connectivity index (χ3n) is 3.55. The molecule has 0 saturated carbocycles. The smallest absolute Gasteiger partial charge is 0.171 e. The quantitative estimate of drug-likeness (QED) is 0.820. The van der Waals surface area contributed by atoms with Gasteiger partial charge in [0.25, 0.3) is 0 Å². The highest BCUT2D eigenvalue weighted by molar-refractivity contribution is 7.80. The fourth-order valence-electron chi connectivity index (χ4n) is 2.23. The van der Waals surface area contributed by atoms with Gasteiger partial charge in [0, 0.05) is 29.0 Å². The maximum absolute atomic E-state index is 6.12. The van der Waals surface area contributed by atoms with Gasteiger partial charge >= 0.3 is 0 Å². The highest BCUT2D eigenvalue weighted by Crippen LogP contribution is 2.20. The van der Waals surface area contributed by atoms with Crippen LogP contribution in [0, 0.1) is 13.8 Å². The van der Waals surface area contributed by atoms with Crippen LogP contribution in [0.4, 0.5) is 5.69 Å². The molecule has 0 spiro atoms. The summed E-state index contributed by atoms with van der Waals surface area (Å²) in [6.45, 7) is 8.98. The fourth-order valence-corrected chi connectivity index (χ4v) is 2.71. The molecule has 1 aromatic carbocycles. The fraction of sp³-hybridized carbons (Fsp3) is 0.375. The highest BCUT2D eigenvalue weighted by Gasteiger charge is 2.13. The van der Waals surface area contributed by atoms with E-state index in [9.17, 15) is 0 Å². The van der Waals surface area contributed by atoms with Gasteiger partial charge in [0.15, 0.2) is 5.11 Å². The molecule has 0 amide bonds. The van der Waals surface area contributed by atoms with Crippen molar-refractivity contribution in [1.82, 2.24) is 15.1 Å². The second-order valence-electron chi connectivity index (χ2n) is 5.31. The summed E-state index contributed by atoms with van der Waals surface area (Å²) in [6, 6.07) is 5.88. The zero-order chi connectivity index (χ0) is 16.3. The highest BCUT2D eigenvalue weighted by atomic mass is 35.5. The first kappa shape index (κ1) is 16.8. The van der Waals surface area contributed by atoms with Gasteiger partial charge in [-0.2, -0.15) is 5.10 Å². The maximum atomic E-state index is 6.12. The van der Waals surface area contributed by atoms with E-state index in [1.807, 2.05) is 36.7 Å². The molecule has 0 aliphatic rings. The van der Waals surface area contributed by atoms with Crippen molar-refractivity contribution in [3.8, 4) is 0 Å². The average Bonchev–Trinajstić information content (AvgIpc) is 2.84. The van der Waals surface area contributed by atoms with E-state index in [1.54, 1.807) is 0 Å². The summed E-state index contributed by atoms with van der Waals surface area (Å²) < 4.78 is 1.93. The minimum Gasteiger partial charge on any atom is -0.356 e. The molecule has 1 atom stereocenters. The molecule has 1 aromatic heterocycles. The van der Waals surface area contributed by atoms with Crippen molar-refractivity contribution in [1.29, 1.82) is 0 Å². The van der Waals surface area contributed by atoms with Gasteiger partial charge < -0.3 is 10.6 Å². The molecule has 2 N–H and O–H groups in total. The number of hydrogen-bond acceptors (Lipinski definition) is 2. The molecule has 118 valence electrons. The lowest BCUT2D eigenvalue weighted by molar-refractivity contribution is 0.651. The topological polar surface area (TPSA) is 41.9 Å². The van der Waals surface area contributed by atoms with E-state index in [0.717, 1.165) is 34.1 Å². The molecular weight excluding hydrogens is 316 g/mol. The second-order valence-corrected chi connectivity index (χ2v) is 6.13. The summed E-state index contributed by atoms with van der Waals surface area (Å²) in [6.07, 6.45) is 2.05. The number of rotatable bonds is 4. The van der Waals surface area contributed by atoms with Gasteiger partial charge in [-0.25, -0.2) is 0 Å². The van der Waals surface area contributed by atoms with Gasteiger partial charge in [-0.15, -0.1) is 0 Å². The molecule has 22 heavy (non-hydrogen) atoms. The number of thiocarbonyl (C=S) groups is 1. The van der Waals surface area contributed by atoms with Gasteiger partial charge in [-0.3, -0.25) is 4.68 Å². The molecule has 0 saturated heterocycles. The van der Waals surface area contributed by atoms with Gasteiger partial charge in [0.05, 0.1) is 11.7 Å². The molecule has 6 heteroatoms. The van der Waals surface area contributed by atoms with Crippen molar-refractivity contribution in [3.63, 3.8) is 0 Å². The number of benzene rings is 1. The van der Waals surface area contributed by atoms with Crippen molar-refractivity contribution in [3.05, 3.63) is 46.2 Å². The summed E-state index contributed by atoms with van der Waals surface area (Å²) in [5.41, 5.74) is 4.08. The molecule has 0 fully saturated rings. The molecule has 4 nitrogen and oxygen atoms in total. The molecule has 2 rings (SSSR count). The summed E-state index contributed by atoms with van der Waals surface area (Å²) in [5.74, 6) is 0. The molecule has 1 unspecified atom stereocenters. The summed E-state index contributed by atoms with van der Waals surface area (Å²) in [5, 5.41) is 12.2. The maximum Gasteiger partial charge on any atom is 0.171 e. The molecular formula is C16H21ClN4S. The van der Waals surface area contributed by atoms with Gasteiger partial charge in [0.1, 0.15) is 0 Å². The zero-order valence-electron chi connectivity index (χ0n) is 13.3. The van der Waals surface area contributed by atoms with E-state index >= 15 is 0 Å². The molecule has 0 aliphatic heterocycles. The Morgan fingerprint density at radius 3 is 2.73 bits per heavy atom. The van der Waals surface area contributed by atoms with Crippen molar-refractivity contribution in [2.24, 2.45) is 0 Å². The summed E-state index contributed by atoms with van der Waals surface area (Å²) in [4.78, 5) is 0. The third kappa shape index (κ3) is 3.99. The standard InChI is InChI=1S/C16H21ClN4S/c1-5-21-9-14(12(4)20-21)11(3)18-16(22)19-13-7-6-10(2)15(17)8-13/h6-9,11H,5H2,1-4H3,(H2,18,19,22). The Balaban J connectivity index is 2.01. The Kier molecular flexibility index (Phi) is 5.42. The third-order valence-corrected chi connectivity index (χ3v) is 4.18. The van der Waals surface area contributed by atoms with Crippen molar-refractivity contribution < 1.29 is 0 Å². The van der Waals surface area contributed by atoms with Crippen LogP contribution in [0.3, 0.4) is 0 Å². The van der Waals surface area contributed by atoms with E-state index in [1.165, 1.54) is 0 Å². The lowest BCUT2D eigenvalue weighted by atomic mass is 10.1. The Morgan fingerprint density at radius 2 is 2.14 bits per heavy atom. The number of hydrogen-bond donors (Lipinski definition) is 2. The monoisotopic (exact) mass is 336 g/mol.